The standard InChI is InChI=1S/C8H12O3/c9-8(10)7-5-1-2-6(7)4-11-3-5/h5-7H,1-4H2,(H,9,10). The number of aliphatic carboxylic acids is 1. The van der Waals surface area contributed by atoms with E-state index in [1.54, 1.807) is 0 Å². The van der Waals surface area contributed by atoms with Crippen LogP contribution in [0.25, 0.3) is 0 Å². The fourth-order valence-corrected chi connectivity index (χ4v) is 2.32. The van der Waals surface area contributed by atoms with E-state index >= 15 is 0 Å². The lowest BCUT2D eigenvalue weighted by molar-refractivity contribution is -0.149. The fraction of sp³-hybridized carbons (Fsp3) is 0.875. The Morgan fingerprint density at radius 1 is 1.27 bits per heavy atom. The molecule has 11 heavy (non-hydrogen) atoms. The van der Waals surface area contributed by atoms with Crippen molar-refractivity contribution in [1.82, 2.24) is 0 Å². The molecule has 2 atom stereocenters. The summed E-state index contributed by atoms with van der Waals surface area (Å²) in [5, 5.41) is 8.86. The van der Waals surface area contributed by atoms with E-state index in [-0.39, 0.29) is 5.92 Å². The van der Waals surface area contributed by atoms with Gasteiger partial charge in [-0.3, -0.25) is 4.79 Å². The number of hydrogen-bond donors (Lipinski definition) is 1. The van der Waals surface area contributed by atoms with Gasteiger partial charge in [0.25, 0.3) is 0 Å². The lowest BCUT2D eigenvalue weighted by Gasteiger charge is -2.26. The maximum absolute atomic E-state index is 10.8. The number of carboxylic acids is 1. The van der Waals surface area contributed by atoms with Gasteiger partial charge in [0, 0.05) is 0 Å². The minimum atomic E-state index is -0.624. The Hall–Kier alpha value is -0.570. The van der Waals surface area contributed by atoms with Gasteiger partial charge in [-0.05, 0) is 24.7 Å². The van der Waals surface area contributed by atoms with Gasteiger partial charge in [-0.25, -0.2) is 0 Å². The van der Waals surface area contributed by atoms with E-state index in [4.69, 9.17) is 9.84 Å². The molecule has 0 aromatic heterocycles. The first-order valence-corrected chi connectivity index (χ1v) is 4.09. The van der Waals surface area contributed by atoms with Crippen LogP contribution in [0.2, 0.25) is 0 Å². The number of hydrogen-bond acceptors (Lipinski definition) is 2. The van der Waals surface area contributed by atoms with Crippen molar-refractivity contribution in [2.45, 2.75) is 12.8 Å². The van der Waals surface area contributed by atoms with Crippen LogP contribution in [0.4, 0.5) is 0 Å². The number of ether oxygens (including phenoxy) is 1. The first-order valence-electron chi connectivity index (χ1n) is 4.09. The van der Waals surface area contributed by atoms with Gasteiger partial charge in [0.1, 0.15) is 0 Å². The van der Waals surface area contributed by atoms with Crippen molar-refractivity contribution in [1.29, 1.82) is 0 Å². The predicted molar refractivity (Wildman–Crippen MR) is 38.2 cm³/mol. The van der Waals surface area contributed by atoms with E-state index < -0.39 is 5.97 Å². The summed E-state index contributed by atoms with van der Waals surface area (Å²) in [5.41, 5.74) is 0. The molecule has 2 aliphatic rings. The van der Waals surface area contributed by atoms with Crippen LogP contribution in [0.1, 0.15) is 12.8 Å². The molecule has 2 rings (SSSR count). The van der Waals surface area contributed by atoms with Crippen molar-refractivity contribution in [2.24, 2.45) is 17.8 Å². The largest absolute Gasteiger partial charge is 0.481 e. The van der Waals surface area contributed by atoms with E-state index in [1.165, 1.54) is 0 Å². The molecule has 0 radical (unpaired) electrons. The molecule has 1 saturated heterocycles. The number of rotatable bonds is 1. The summed E-state index contributed by atoms with van der Waals surface area (Å²) in [6.07, 6.45) is 2.09. The zero-order valence-corrected chi connectivity index (χ0v) is 6.32. The Morgan fingerprint density at radius 3 is 2.18 bits per heavy atom. The first kappa shape index (κ1) is 7.10. The van der Waals surface area contributed by atoms with Gasteiger partial charge in [-0.2, -0.15) is 0 Å². The normalized spacial score (nSPS) is 42.4. The summed E-state index contributed by atoms with van der Waals surface area (Å²) in [6, 6.07) is 0. The Kier molecular flexibility index (Phi) is 1.60. The molecule has 1 aliphatic heterocycles. The third-order valence-electron chi connectivity index (χ3n) is 2.87. The van der Waals surface area contributed by atoms with Gasteiger partial charge in [0.15, 0.2) is 0 Å². The molecule has 0 spiro atoms. The van der Waals surface area contributed by atoms with Crippen molar-refractivity contribution >= 4 is 5.97 Å². The lowest BCUT2D eigenvalue weighted by atomic mass is 9.88. The van der Waals surface area contributed by atoms with Crippen molar-refractivity contribution in [3.63, 3.8) is 0 Å². The van der Waals surface area contributed by atoms with Gasteiger partial charge >= 0.3 is 5.97 Å². The van der Waals surface area contributed by atoms with Gasteiger partial charge in [0.2, 0.25) is 0 Å². The summed E-state index contributed by atoms with van der Waals surface area (Å²) >= 11 is 0. The zero-order chi connectivity index (χ0) is 7.84. The van der Waals surface area contributed by atoms with Crippen LogP contribution in [0.15, 0.2) is 0 Å². The summed E-state index contributed by atoms with van der Waals surface area (Å²) in [7, 11) is 0. The SMILES string of the molecule is O=C(O)C1C2CCC1COC2. The highest BCUT2D eigenvalue weighted by Crippen LogP contribution is 2.40. The highest BCUT2D eigenvalue weighted by Gasteiger charge is 2.43. The minimum absolute atomic E-state index is 0.108. The number of carboxylic acid groups (broad SMARTS) is 1. The lowest BCUT2D eigenvalue weighted by Crippen LogP contribution is -2.34. The molecule has 3 nitrogen and oxygen atoms in total. The monoisotopic (exact) mass is 156 g/mol. The molecule has 0 aromatic rings. The second-order valence-electron chi connectivity index (χ2n) is 3.50. The van der Waals surface area contributed by atoms with E-state index in [9.17, 15) is 4.79 Å². The topological polar surface area (TPSA) is 46.5 Å². The van der Waals surface area contributed by atoms with Gasteiger partial charge in [-0.1, -0.05) is 0 Å². The van der Waals surface area contributed by atoms with E-state index in [0.717, 1.165) is 12.8 Å². The summed E-state index contributed by atoms with van der Waals surface area (Å²) in [6.45, 7) is 1.32. The van der Waals surface area contributed by atoms with Crippen LogP contribution in [0, 0.1) is 17.8 Å². The summed E-state index contributed by atoms with van der Waals surface area (Å²) in [4.78, 5) is 10.8. The van der Waals surface area contributed by atoms with Gasteiger partial charge in [0.05, 0.1) is 19.1 Å². The molecule has 0 amide bonds. The second-order valence-corrected chi connectivity index (χ2v) is 3.50. The van der Waals surface area contributed by atoms with Crippen LogP contribution >= 0.6 is 0 Å². The Morgan fingerprint density at radius 2 is 1.82 bits per heavy atom. The van der Waals surface area contributed by atoms with E-state index in [0.29, 0.717) is 25.0 Å². The maximum atomic E-state index is 10.8. The average Bonchev–Trinajstić information content (AvgIpc) is 2.23. The Labute approximate surface area is 65.4 Å². The van der Waals surface area contributed by atoms with Gasteiger partial charge < -0.3 is 9.84 Å². The second kappa shape index (κ2) is 2.48. The average molecular weight is 156 g/mol. The van der Waals surface area contributed by atoms with E-state index in [2.05, 4.69) is 0 Å². The zero-order valence-electron chi connectivity index (χ0n) is 6.32. The quantitative estimate of drug-likeness (QED) is 0.609. The maximum Gasteiger partial charge on any atom is 0.307 e. The summed E-state index contributed by atoms with van der Waals surface area (Å²) in [5.74, 6) is -0.137. The van der Waals surface area contributed by atoms with Crippen molar-refractivity contribution in [3.8, 4) is 0 Å². The Balaban J connectivity index is 2.15. The number of fused-ring (bicyclic) bond motifs is 2. The highest BCUT2D eigenvalue weighted by atomic mass is 16.5. The molecule has 1 saturated carbocycles. The van der Waals surface area contributed by atoms with Crippen LogP contribution in [-0.2, 0) is 9.53 Å². The molecule has 2 fully saturated rings. The molecule has 2 unspecified atom stereocenters. The van der Waals surface area contributed by atoms with Crippen LogP contribution < -0.4 is 0 Å². The molecule has 1 heterocycles. The van der Waals surface area contributed by atoms with E-state index in [1.807, 2.05) is 0 Å². The molecule has 0 aromatic carbocycles. The number of carbonyl (C=O) groups is 1. The third-order valence-corrected chi connectivity index (χ3v) is 2.87. The Bertz CT molecular complexity index is 162. The molecular weight excluding hydrogens is 144 g/mol. The molecule has 1 N–H and O–H groups in total. The predicted octanol–water partition coefficient (Wildman–Crippen LogP) is 0.744. The molecular formula is C8H12O3. The van der Waals surface area contributed by atoms with Crippen LogP contribution in [0.5, 0.6) is 0 Å². The van der Waals surface area contributed by atoms with Crippen molar-refractivity contribution < 1.29 is 14.6 Å². The molecule has 3 heteroatoms. The first-order chi connectivity index (χ1) is 5.29. The van der Waals surface area contributed by atoms with Crippen molar-refractivity contribution in [3.05, 3.63) is 0 Å². The highest BCUT2D eigenvalue weighted by molar-refractivity contribution is 5.71. The summed E-state index contributed by atoms with van der Waals surface area (Å²) < 4.78 is 5.27. The van der Waals surface area contributed by atoms with Crippen molar-refractivity contribution in [2.75, 3.05) is 13.2 Å². The molecule has 1 aliphatic carbocycles. The molecule has 2 bridgehead atoms. The van der Waals surface area contributed by atoms with Crippen LogP contribution in [-0.4, -0.2) is 24.3 Å². The van der Waals surface area contributed by atoms with Crippen LogP contribution in [0.3, 0.4) is 0 Å². The molecule has 62 valence electrons. The smallest absolute Gasteiger partial charge is 0.307 e. The third kappa shape index (κ3) is 1.03. The minimum Gasteiger partial charge on any atom is -0.481 e. The fourth-order valence-electron chi connectivity index (χ4n) is 2.32. The van der Waals surface area contributed by atoms with Gasteiger partial charge in [-0.15, -0.1) is 0 Å².